The van der Waals surface area contributed by atoms with E-state index in [-0.39, 0.29) is 18.4 Å². The van der Waals surface area contributed by atoms with E-state index in [2.05, 4.69) is 5.32 Å². The first-order chi connectivity index (χ1) is 12.3. The summed E-state index contributed by atoms with van der Waals surface area (Å²) in [6, 6.07) is 12.2. The standard InChI is InChI=1S/C20H22N2O4/c1-20(2)12-26-17-11-14(8-9-16(17)22(3)19(20)24)21-18(23)13-6-5-7-15(10-13)25-4/h5-11H,12H2,1-4H3,(H,21,23). The fourth-order valence-corrected chi connectivity index (χ4v) is 2.84. The third-order valence-electron chi connectivity index (χ3n) is 4.38. The zero-order chi connectivity index (χ0) is 18.9. The van der Waals surface area contributed by atoms with Crippen LogP contribution in [0.15, 0.2) is 42.5 Å². The lowest BCUT2D eigenvalue weighted by molar-refractivity contribution is -0.127. The number of nitrogens with one attached hydrogen (secondary N) is 1. The molecule has 0 fully saturated rings. The topological polar surface area (TPSA) is 67.9 Å². The molecule has 2 aromatic carbocycles. The number of fused-ring (bicyclic) bond motifs is 1. The fraction of sp³-hybridized carbons (Fsp3) is 0.300. The van der Waals surface area contributed by atoms with E-state index in [1.807, 2.05) is 13.8 Å². The summed E-state index contributed by atoms with van der Waals surface area (Å²) in [5.41, 5.74) is 1.16. The Labute approximate surface area is 152 Å². The van der Waals surface area contributed by atoms with Crippen LogP contribution in [-0.4, -0.2) is 32.6 Å². The summed E-state index contributed by atoms with van der Waals surface area (Å²) in [6.07, 6.45) is 0. The third-order valence-corrected chi connectivity index (χ3v) is 4.38. The molecule has 6 heteroatoms. The quantitative estimate of drug-likeness (QED) is 0.918. The number of benzene rings is 2. The van der Waals surface area contributed by atoms with Crippen molar-refractivity contribution in [3.05, 3.63) is 48.0 Å². The van der Waals surface area contributed by atoms with E-state index in [0.717, 1.165) is 0 Å². The molecule has 1 aliphatic rings. The molecule has 26 heavy (non-hydrogen) atoms. The van der Waals surface area contributed by atoms with Gasteiger partial charge in [0.1, 0.15) is 18.1 Å². The predicted octanol–water partition coefficient (Wildman–Crippen LogP) is 3.33. The first-order valence-electron chi connectivity index (χ1n) is 8.32. The van der Waals surface area contributed by atoms with E-state index in [9.17, 15) is 9.59 Å². The number of methoxy groups -OCH3 is 1. The Morgan fingerprint density at radius 2 is 2.00 bits per heavy atom. The van der Waals surface area contributed by atoms with Crippen LogP contribution in [0.1, 0.15) is 24.2 Å². The van der Waals surface area contributed by atoms with Crippen LogP contribution < -0.4 is 19.7 Å². The van der Waals surface area contributed by atoms with Crippen LogP contribution in [-0.2, 0) is 4.79 Å². The van der Waals surface area contributed by atoms with Gasteiger partial charge in [0.2, 0.25) is 5.91 Å². The van der Waals surface area contributed by atoms with Gasteiger partial charge in [-0.25, -0.2) is 0 Å². The van der Waals surface area contributed by atoms with E-state index in [1.54, 1.807) is 61.5 Å². The monoisotopic (exact) mass is 354 g/mol. The van der Waals surface area contributed by atoms with Crippen LogP contribution >= 0.6 is 0 Å². The summed E-state index contributed by atoms with van der Waals surface area (Å²) in [7, 11) is 3.28. The van der Waals surface area contributed by atoms with Crippen LogP contribution in [0, 0.1) is 5.41 Å². The molecular weight excluding hydrogens is 332 g/mol. The van der Waals surface area contributed by atoms with Gasteiger partial charge in [0.05, 0.1) is 18.2 Å². The van der Waals surface area contributed by atoms with Crippen molar-refractivity contribution in [2.24, 2.45) is 5.41 Å². The Morgan fingerprint density at radius 1 is 1.23 bits per heavy atom. The van der Waals surface area contributed by atoms with Gasteiger partial charge >= 0.3 is 0 Å². The van der Waals surface area contributed by atoms with Crippen molar-refractivity contribution in [1.29, 1.82) is 0 Å². The van der Waals surface area contributed by atoms with Crippen molar-refractivity contribution < 1.29 is 19.1 Å². The molecule has 0 spiro atoms. The number of ether oxygens (including phenoxy) is 2. The van der Waals surface area contributed by atoms with E-state index in [0.29, 0.717) is 28.4 Å². The Balaban J connectivity index is 1.84. The second-order valence-corrected chi connectivity index (χ2v) is 6.91. The lowest BCUT2D eigenvalue weighted by Crippen LogP contribution is -2.39. The molecule has 0 aliphatic carbocycles. The molecule has 0 unspecified atom stereocenters. The minimum atomic E-state index is -0.613. The number of rotatable bonds is 3. The molecule has 2 amide bonds. The fourth-order valence-electron chi connectivity index (χ4n) is 2.84. The smallest absolute Gasteiger partial charge is 0.255 e. The largest absolute Gasteiger partial charge is 0.497 e. The van der Waals surface area contributed by atoms with Crippen molar-refractivity contribution in [3.8, 4) is 11.5 Å². The van der Waals surface area contributed by atoms with Gasteiger partial charge < -0.3 is 19.7 Å². The van der Waals surface area contributed by atoms with E-state index in [4.69, 9.17) is 9.47 Å². The van der Waals surface area contributed by atoms with Crippen molar-refractivity contribution >= 4 is 23.2 Å². The van der Waals surface area contributed by atoms with Gasteiger partial charge in [-0.3, -0.25) is 9.59 Å². The highest BCUT2D eigenvalue weighted by atomic mass is 16.5. The second kappa shape index (κ2) is 6.71. The minimum Gasteiger partial charge on any atom is -0.497 e. The van der Waals surface area contributed by atoms with Gasteiger partial charge in [-0.05, 0) is 44.2 Å². The molecular formula is C20H22N2O4. The maximum absolute atomic E-state index is 12.5. The highest BCUT2D eigenvalue weighted by molar-refractivity contribution is 6.05. The summed E-state index contributed by atoms with van der Waals surface area (Å²) < 4.78 is 11.0. The lowest BCUT2D eigenvalue weighted by atomic mass is 9.93. The number of hydrogen-bond donors (Lipinski definition) is 1. The van der Waals surface area contributed by atoms with Gasteiger partial charge in [0, 0.05) is 24.4 Å². The maximum Gasteiger partial charge on any atom is 0.255 e. The maximum atomic E-state index is 12.5. The van der Waals surface area contributed by atoms with E-state index < -0.39 is 5.41 Å². The molecule has 6 nitrogen and oxygen atoms in total. The first kappa shape index (κ1) is 17.8. The lowest BCUT2D eigenvalue weighted by Gasteiger charge is -2.24. The number of carbonyl (C=O) groups is 2. The first-order valence-corrected chi connectivity index (χ1v) is 8.32. The Hall–Kier alpha value is -3.02. The highest BCUT2D eigenvalue weighted by Gasteiger charge is 2.36. The third kappa shape index (κ3) is 3.35. The molecule has 0 saturated carbocycles. The van der Waals surface area contributed by atoms with Crippen LogP contribution in [0.5, 0.6) is 11.5 Å². The summed E-state index contributed by atoms with van der Waals surface area (Å²) in [6.45, 7) is 3.98. The molecule has 1 N–H and O–H groups in total. The predicted molar refractivity (Wildman–Crippen MR) is 100 cm³/mol. The average molecular weight is 354 g/mol. The summed E-state index contributed by atoms with van der Waals surface area (Å²) in [5.74, 6) is 0.923. The highest BCUT2D eigenvalue weighted by Crippen LogP contribution is 2.37. The number of amides is 2. The molecule has 1 heterocycles. The van der Waals surface area contributed by atoms with Crippen molar-refractivity contribution in [3.63, 3.8) is 0 Å². The van der Waals surface area contributed by atoms with Gasteiger partial charge in [0.25, 0.3) is 5.91 Å². The molecule has 2 aromatic rings. The number of hydrogen-bond acceptors (Lipinski definition) is 4. The molecule has 0 saturated heterocycles. The average Bonchev–Trinajstić information content (AvgIpc) is 2.72. The van der Waals surface area contributed by atoms with Gasteiger partial charge in [0.15, 0.2) is 0 Å². The molecule has 0 bridgehead atoms. The number of carbonyl (C=O) groups excluding carboxylic acids is 2. The number of anilines is 2. The van der Waals surface area contributed by atoms with Gasteiger partial charge in [-0.15, -0.1) is 0 Å². The zero-order valence-electron chi connectivity index (χ0n) is 15.3. The summed E-state index contributed by atoms with van der Waals surface area (Å²) in [5, 5.41) is 2.85. The SMILES string of the molecule is COc1cccc(C(=O)Nc2ccc3c(c2)OCC(C)(C)C(=O)N3C)c1. The normalized spacial score (nSPS) is 15.5. The Morgan fingerprint density at radius 3 is 2.73 bits per heavy atom. The molecule has 0 aromatic heterocycles. The molecule has 1 aliphatic heterocycles. The van der Waals surface area contributed by atoms with Crippen LogP contribution in [0.2, 0.25) is 0 Å². The van der Waals surface area contributed by atoms with Gasteiger partial charge in [-0.1, -0.05) is 6.07 Å². The Kier molecular flexibility index (Phi) is 4.59. The summed E-state index contributed by atoms with van der Waals surface area (Å²) >= 11 is 0. The Bertz CT molecular complexity index is 861. The van der Waals surface area contributed by atoms with E-state index >= 15 is 0 Å². The molecule has 3 rings (SSSR count). The molecule has 136 valence electrons. The minimum absolute atomic E-state index is 0.00980. The zero-order valence-corrected chi connectivity index (χ0v) is 15.3. The van der Waals surface area contributed by atoms with Crippen LogP contribution in [0.4, 0.5) is 11.4 Å². The molecule has 0 radical (unpaired) electrons. The van der Waals surface area contributed by atoms with Crippen molar-refractivity contribution in [2.45, 2.75) is 13.8 Å². The number of nitrogens with zero attached hydrogens (tertiary/aromatic N) is 1. The summed E-state index contributed by atoms with van der Waals surface area (Å²) in [4.78, 5) is 26.6. The van der Waals surface area contributed by atoms with Crippen LogP contribution in [0.3, 0.4) is 0 Å². The van der Waals surface area contributed by atoms with Crippen molar-refractivity contribution in [1.82, 2.24) is 0 Å². The van der Waals surface area contributed by atoms with Gasteiger partial charge in [-0.2, -0.15) is 0 Å². The van der Waals surface area contributed by atoms with Crippen LogP contribution in [0.25, 0.3) is 0 Å². The second-order valence-electron chi connectivity index (χ2n) is 6.91. The molecule has 0 atom stereocenters. The van der Waals surface area contributed by atoms with Crippen molar-refractivity contribution in [2.75, 3.05) is 31.0 Å². The van der Waals surface area contributed by atoms with E-state index in [1.165, 1.54) is 0 Å².